The lowest BCUT2D eigenvalue weighted by atomic mass is 9.96. The molecule has 0 aliphatic carbocycles. The van der Waals surface area contributed by atoms with Gasteiger partial charge >= 0.3 is 0 Å². The van der Waals surface area contributed by atoms with Gasteiger partial charge in [0.05, 0.1) is 12.7 Å². The molecule has 1 aromatic rings. The lowest BCUT2D eigenvalue weighted by Crippen LogP contribution is -2.30. The minimum atomic E-state index is -0.300. The van der Waals surface area contributed by atoms with Gasteiger partial charge in [-0.15, -0.1) is 0 Å². The summed E-state index contributed by atoms with van der Waals surface area (Å²) in [4.78, 5) is 14.3. The molecule has 1 aliphatic heterocycles. The quantitative estimate of drug-likeness (QED) is 0.773. The Labute approximate surface area is 93.9 Å². The molecule has 0 saturated carbocycles. The fourth-order valence-electron chi connectivity index (χ4n) is 1.89. The van der Waals surface area contributed by atoms with Crippen LogP contribution in [0.15, 0.2) is 10.9 Å². The molecule has 4 nitrogen and oxygen atoms in total. The van der Waals surface area contributed by atoms with E-state index in [1.54, 1.807) is 6.07 Å². The van der Waals surface area contributed by atoms with E-state index in [1.165, 1.54) is 0 Å². The van der Waals surface area contributed by atoms with Crippen molar-refractivity contribution >= 4 is 0 Å². The smallest absolute Gasteiger partial charge is 0.266 e. The maximum atomic E-state index is 11.5. The Morgan fingerprint density at radius 3 is 3.00 bits per heavy atom. The van der Waals surface area contributed by atoms with Crippen molar-refractivity contribution in [3.05, 3.63) is 33.2 Å². The number of rotatable bonds is 1. The molecule has 16 heavy (non-hydrogen) atoms. The van der Waals surface area contributed by atoms with E-state index in [9.17, 15) is 4.79 Å². The third-order valence-corrected chi connectivity index (χ3v) is 2.94. The van der Waals surface area contributed by atoms with Crippen LogP contribution in [0, 0.1) is 17.2 Å². The number of hydrogen-bond acceptors (Lipinski definition) is 3. The summed E-state index contributed by atoms with van der Waals surface area (Å²) >= 11 is 0. The number of fused-ring (bicyclic) bond motifs is 1. The summed E-state index contributed by atoms with van der Waals surface area (Å²) in [5.41, 5.74) is 1.69. The molecule has 2 rings (SSSR count). The van der Waals surface area contributed by atoms with Gasteiger partial charge in [-0.3, -0.25) is 4.79 Å². The molecule has 1 aromatic heterocycles. The standard InChI is InChI=1S/C12H14N2O2/c1-7(2)11-4-10-9(6-16-11)3-8(5-13)12(15)14-10/h3,7,11H,4,6H2,1-2H3,(H,14,15)/t11-/m0/s1. The van der Waals surface area contributed by atoms with Crippen molar-refractivity contribution in [1.82, 2.24) is 4.98 Å². The van der Waals surface area contributed by atoms with Gasteiger partial charge in [0.2, 0.25) is 0 Å². The molecule has 0 radical (unpaired) electrons. The minimum Gasteiger partial charge on any atom is -0.373 e. The van der Waals surface area contributed by atoms with Gasteiger partial charge in [0.15, 0.2) is 0 Å². The number of hydrogen-bond donors (Lipinski definition) is 1. The van der Waals surface area contributed by atoms with Crippen molar-refractivity contribution in [2.24, 2.45) is 5.92 Å². The van der Waals surface area contributed by atoms with Crippen molar-refractivity contribution in [3.8, 4) is 6.07 Å². The fraction of sp³-hybridized carbons (Fsp3) is 0.500. The van der Waals surface area contributed by atoms with Crippen LogP contribution in [0.5, 0.6) is 0 Å². The van der Waals surface area contributed by atoms with E-state index in [0.29, 0.717) is 18.9 Å². The number of aromatic nitrogens is 1. The van der Waals surface area contributed by atoms with Gasteiger partial charge in [0.25, 0.3) is 5.56 Å². The SMILES string of the molecule is CC(C)[C@@H]1Cc2[nH]c(=O)c(C#N)cc2CO1. The summed E-state index contributed by atoms with van der Waals surface area (Å²) in [5.74, 6) is 0.423. The Bertz CT molecular complexity index is 497. The van der Waals surface area contributed by atoms with Gasteiger partial charge < -0.3 is 9.72 Å². The van der Waals surface area contributed by atoms with E-state index in [0.717, 1.165) is 11.3 Å². The molecule has 0 saturated heterocycles. The highest BCUT2D eigenvalue weighted by Gasteiger charge is 2.23. The van der Waals surface area contributed by atoms with Crippen LogP contribution in [-0.4, -0.2) is 11.1 Å². The van der Waals surface area contributed by atoms with Crippen molar-refractivity contribution in [1.29, 1.82) is 5.26 Å². The van der Waals surface area contributed by atoms with Crippen molar-refractivity contribution < 1.29 is 4.74 Å². The Morgan fingerprint density at radius 1 is 1.62 bits per heavy atom. The summed E-state index contributed by atoms with van der Waals surface area (Å²) in [6.45, 7) is 4.67. The maximum Gasteiger partial charge on any atom is 0.266 e. The van der Waals surface area contributed by atoms with E-state index in [4.69, 9.17) is 10.00 Å². The molecule has 84 valence electrons. The predicted octanol–water partition coefficient (Wildman–Crippen LogP) is 1.34. The molecule has 0 amide bonds. The van der Waals surface area contributed by atoms with Crippen LogP contribution in [0.4, 0.5) is 0 Å². The largest absolute Gasteiger partial charge is 0.373 e. The van der Waals surface area contributed by atoms with Crippen LogP contribution < -0.4 is 5.56 Å². The number of nitrogens with one attached hydrogen (secondary N) is 1. The summed E-state index contributed by atoms with van der Waals surface area (Å²) < 4.78 is 5.67. The maximum absolute atomic E-state index is 11.5. The molecule has 0 unspecified atom stereocenters. The second-order valence-electron chi connectivity index (χ2n) is 4.43. The Kier molecular flexibility index (Phi) is 2.80. The summed E-state index contributed by atoms with van der Waals surface area (Å²) in [6, 6.07) is 3.51. The number of ether oxygens (including phenoxy) is 1. The predicted molar refractivity (Wildman–Crippen MR) is 58.9 cm³/mol. The topological polar surface area (TPSA) is 65.9 Å². The highest BCUT2D eigenvalue weighted by molar-refractivity contribution is 5.33. The summed E-state index contributed by atoms with van der Waals surface area (Å²) in [6.07, 6.45) is 0.865. The molecule has 0 bridgehead atoms. The van der Waals surface area contributed by atoms with Gasteiger partial charge in [-0.1, -0.05) is 13.8 Å². The van der Waals surface area contributed by atoms with Crippen LogP contribution in [0.25, 0.3) is 0 Å². The Balaban J connectivity index is 2.38. The zero-order chi connectivity index (χ0) is 11.7. The van der Waals surface area contributed by atoms with Crippen LogP contribution in [-0.2, 0) is 17.8 Å². The molecule has 1 atom stereocenters. The van der Waals surface area contributed by atoms with E-state index >= 15 is 0 Å². The van der Waals surface area contributed by atoms with Gasteiger partial charge in [0.1, 0.15) is 11.6 Å². The molecule has 0 spiro atoms. The van der Waals surface area contributed by atoms with Crippen molar-refractivity contribution in [2.45, 2.75) is 33.0 Å². The Morgan fingerprint density at radius 2 is 2.38 bits per heavy atom. The normalized spacial score (nSPS) is 19.2. The van der Waals surface area contributed by atoms with Gasteiger partial charge in [0, 0.05) is 12.1 Å². The van der Waals surface area contributed by atoms with E-state index in [2.05, 4.69) is 18.8 Å². The third kappa shape index (κ3) is 1.86. The van der Waals surface area contributed by atoms with E-state index < -0.39 is 0 Å². The first kappa shape index (κ1) is 10.9. The number of aromatic amines is 1. The van der Waals surface area contributed by atoms with E-state index in [1.807, 2.05) is 6.07 Å². The number of nitriles is 1. The molecular formula is C12H14N2O2. The number of nitrogens with zero attached hydrogens (tertiary/aromatic N) is 1. The first-order valence-corrected chi connectivity index (χ1v) is 5.38. The highest BCUT2D eigenvalue weighted by Crippen LogP contribution is 2.22. The monoisotopic (exact) mass is 218 g/mol. The zero-order valence-electron chi connectivity index (χ0n) is 9.41. The van der Waals surface area contributed by atoms with Gasteiger partial charge in [-0.25, -0.2) is 0 Å². The average molecular weight is 218 g/mol. The number of H-pyrrole nitrogens is 1. The second-order valence-corrected chi connectivity index (χ2v) is 4.43. The van der Waals surface area contributed by atoms with E-state index in [-0.39, 0.29) is 17.2 Å². The highest BCUT2D eigenvalue weighted by atomic mass is 16.5. The van der Waals surface area contributed by atoms with Gasteiger partial charge in [-0.2, -0.15) is 5.26 Å². The lowest BCUT2D eigenvalue weighted by Gasteiger charge is -2.27. The van der Waals surface area contributed by atoms with Crippen LogP contribution >= 0.6 is 0 Å². The summed E-state index contributed by atoms with van der Waals surface area (Å²) in [7, 11) is 0. The molecule has 0 fully saturated rings. The number of pyridine rings is 1. The van der Waals surface area contributed by atoms with Crippen LogP contribution in [0.2, 0.25) is 0 Å². The molecule has 1 aliphatic rings. The molecule has 0 aromatic carbocycles. The van der Waals surface area contributed by atoms with Crippen LogP contribution in [0.3, 0.4) is 0 Å². The van der Waals surface area contributed by atoms with Gasteiger partial charge in [-0.05, 0) is 17.5 Å². The first-order chi connectivity index (χ1) is 7.61. The molecule has 1 N–H and O–H groups in total. The Hall–Kier alpha value is -1.60. The fourth-order valence-corrected chi connectivity index (χ4v) is 1.89. The van der Waals surface area contributed by atoms with Crippen molar-refractivity contribution in [2.75, 3.05) is 0 Å². The molecule has 2 heterocycles. The summed E-state index contributed by atoms with van der Waals surface area (Å²) in [5, 5.41) is 8.75. The average Bonchev–Trinajstić information content (AvgIpc) is 2.27. The minimum absolute atomic E-state index is 0.149. The second kappa shape index (κ2) is 4.11. The molecular weight excluding hydrogens is 204 g/mol. The van der Waals surface area contributed by atoms with Crippen LogP contribution in [0.1, 0.15) is 30.7 Å². The molecule has 4 heteroatoms. The lowest BCUT2D eigenvalue weighted by molar-refractivity contribution is -0.00163. The first-order valence-electron chi connectivity index (χ1n) is 5.38. The third-order valence-electron chi connectivity index (χ3n) is 2.94. The van der Waals surface area contributed by atoms with Crippen molar-refractivity contribution in [3.63, 3.8) is 0 Å². The zero-order valence-corrected chi connectivity index (χ0v) is 9.41.